The lowest BCUT2D eigenvalue weighted by Gasteiger charge is -2.13. The maximum Gasteiger partial charge on any atom is 0.257 e. The van der Waals surface area contributed by atoms with E-state index in [1.165, 1.54) is 6.07 Å². The van der Waals surface area contributed by atoms with Crippen molar-refractivity contribution in [2.24, 2.45) is 0 Å². The zero-order valence-corrected chi connectivity index (χ0v) is 12.2. The van der Waals surface area contributed by atoms with Crippen LogP contribution in [0.1, 0.15) is 29.3 Å². The molecule has 0 unspecified atom stereocenters. The number of benzene rings is 2. The smallest absolute Gasteiger partial charge is 0.257 e. The van der Waals surface area contributed by atoms with Gasteiger partial charge in [-0.1, -0.05) is 31.2 Å². The molecule has 0 spiro atoms. The summed E-state index contributed by atoms with van der Waals surface area (Å²) in [6.45, 7) is 4.60. The van der Waals surface area contributed by atoms with Crippen molar-refractivity contribution in [1.82, 2.24) is 0 Å². The fourth-order valence-electron chi connectivity index (χ4n) is 2.07. The van der Waals surface area contributed by atoms with E-state index in [0.29, 0.717) is 11.1 Å². The van der Waals surface area contributed by atoms with Gasteiger partial charge in [0.1, 0.15) is 5.82 Å². The molecule has 0 bridgehead atoms. The van der Waals surface area contributed by atoms with Crippen molar-refractivity contribution in [2.75, 3.05) is 17.2 Å². The molecule has 0 fully saturated rings. The van der Waals surface area contributed by atoms with Crippen LogP contribution >= 0.6 is 0 Å². The zero-order chi connectivity index (χ0) is 15.2. The molecule has 0 saturated carbocycles. The molecule has 0 atom stereocenters. The highest BCUT2D eigenvalue weighted by Crippen LogP contribution is 2.22. The fraction of sp³-hybridized carbons (Fsp3) is 0.235. The van der Waals surface area contributed by atoms with E-state index in [0.717, 1.165) is 18.7 Å². The van der Waals surface area contributed by atoms with Gasteiger partial charge < -0.3 is 10.6 Å². The molecule has 0 aliphatic rings. The van der Waals surface area contributed by atoms with Gasteiger partial charge in [-0.05, 0) is 37.1 Å². The SMILES string of the molecule is CCCNc1ccccc1C(=O)Nc1c(C)cccc1F. The van der Waals surface area contributed by atoms with Crippen LogP contribution in [0.5, 0.6) is 0 Å². The van der Waals surface area contributed by atoms with Crippen molar-refractivity contribution in [3.05, 3.63) is 59.4 Å². The lowest BCUT2D eigenvalue weighted by Crippen LogP contribution is -2.16. The molecule has 2 N–H and O–H groups in total. The van der Waals surface area contributed by atoms with Gasteiger partial charge >= 0.3 is 0 Å². The molecule has 0 aliphatic carbocycles. The van der Waals surface area contributed by atoms with Crippen LogP contribution in [0.3, 0.4) is 0 Å². The third-order valence-corrected chi connectivity index (χ3v) is 3.20. The van der Waals surface area contributed by atoms with E-state index in [1.807, 2.05) is 12.1 Å². The maximum atomic E-state index is 13.8. The van der Waals surface area contributed by atoms with Gasteiger partial charge in [0.15, 0.2) is 0 Å². The molecule has 1 amide bonds. The molecular weight excluding hydrogens is 267 g/mol. The lowest BCUT2D eigenvalue weighted by atomic mass is 10.1. The van der Waals surface area contributed by atoms with Crippen molar-refractivity contribution in [1.29, 1.82) is 0 Å². The topological polar surface area (TPSA) is 41.1 Å². The van der Waals surface area contributed by atoms with Crippen LogP contribution in [-0.4, -0.2) is 12.5 Å². The third kappa shape index (κ3) is 3.60. The van der Waals surface area contributed by atoms with E-state index in [2.05, 4.69) is 17.6 Å². The Morgan fingerprint density at radius 3 is 2.62 bits per heavy atom. The zero-order valence-electron chi connectivity index (χ0n) is 12.2. The van der Waals surface area contributed by atoms with Crippen LogP contribution < -0.4 is 10.6 Å². The largest absolute Gasteiger partial charge is 0.384 e. The molecule has 2 aromatic carbocycles. The molecule has 21 heavy (non-hydrogen) atoms. The standard InChI is InChI=1S/C17H19FN2O/c1-3-11-19-15-10-5-4-8-13(15)17(21)20-16-12(2)7-6-9-14(16)18/h4-10,19H,3,11H2,1-2H3,(H,20,21). The number of rotatable bonds is 5. The summed E-state index contributed by atoms with van der Waals surface area (Å²) in [4.78, 5) is 12.4. The normalized spacial score (nSPS) is 10.2. The second-order valence-corrected chi connectivity index (χ2v) is 4.86. The predicted molar refractivity (Wildman–Crippen MR) is 84.3 cm³/mol. The summed E-state index contributed by atoms with van der Waals surface area (Å²) in [5.41, 5.74) is 2.19. The Bertz CT molecular complexity index is 620. The number of hydrogen-bond donors (Lipinski definition) is 2. The molecule has 3 nitrogen and oxygen atoms in total. The Balaban J connectivity index is 2.25. The van der Waals surface area contributed by atoms with E-state index >= 15 is 0 Å². The number of carbonyl (C=O) groups is 1. The predicted octanol–water partition coefficient (Wildman–Crippen LogP) is 4.21. The molecule has 110 valence electrons. The Kier molecular flexibility index (Phi) is 4.93. The monoisotopic (exact) mass is 286 g/mol. The average molecular weight is 286 g/mol. The van der Waals surface area contributed by atoms with Gasteiger partial charge in [0.25, 0.3) is 5.91 Å². The van der Waals surface area contributed by atoms with Crippen LogP contribution in [0.2, 0.25) is 0 Å². The minimum atomic E-state index is -0.428. The molecule has 2 rings (SSSR count). The van der Waals surface area contributed by atoms with E-state index < -0.39 is 5.82 Å². The van der Waals surface area contributed by atoms with Crippen molar-refractivity contribution in [3.63, 3.8) is 0 Å². The molecule has 2 aromatic rings. The van der Waals surface area contributed by atoms with Crippen LogP contribution in [-0.2, 0) is 0 Å². The number of nitrogens with one attached hydrogen (secondary N) is 2. The first-order valence-corrected chi connectivity index (χ1v) is 7.03. The molecule has 0 radical (unpaired) electrons. The van der Waals surface area contributed by atoms with E-state index in [1.54, 1.807) is 31.2 Å². The van der Waals surface area contributed by atoms with Gasteiger partial charge in [0.05, 0.1) is 11.3 Å². The summed E-state index contributed by atoms with van der Waals surface area (Å²) in [7, 11) is 0. The summed E-state index contributed by atoms with van der Waals surface area (Å²) in [6.07, 6.45) is 0.961. The van der Waals surface area contributed by atoms with Crippen LogP contribution in [0.4, 0.5) is 15.8 Å². The highest BCUT2D eigenvalue weighted by molar-refractivity contribution is 6.08. The molecule has 0 heterocycles. The Hall–Kier alpha value is -2.36. The maximum absolute atomic E-state index is 13.8. The van der Waals surface area contributed by atoms with Crippen molar-refractivity contribution >= 4 is 17.3 Å². The lowest BCUT2D eigenvalue weighted by molar-refractivity contribution is 0.102. The number of carbonyl (C=O) groups excluding carboxylic acids is 1. The van der Waals surface area contributed by atoms with E-state index in [4.69, 9.17) is 0 Å². The van der Waals surface area contributed by atoms with Gasteiger partial charge in [-0.3, -0.25) is 4.79 Å². The van der Waals surface area contributed by atoms with Crippen molar-refractivity contribution < 1.29 is 9.18 Å². The second kappa shape index (κ2) is 6.88. The molecule has 0 saturated heterocycles. The summed E-state index contributed by atoms with van der Waals surface area (Å²) < 4.78 is 13.8. The van der Waals surface area contributed by atoms with Gasteiger partial charge in [-0.25, -0.2) is 4.39 Å². The first-order chi connectivity index (χ1) is 10.1. The Morgan fingerprint density at radius 1 is 1.14 bits per heavy atom. The number of anilines is 2. The second-order valence-electron chi connectivity index (χ2n) is 4.86. The molecular formula is C17H19FN2O. The number of aryl methyl sites for hydroxylation is 1. The minimum Gasteiger partial charge on any atom is -0.384 e. The molecule has 0 aliphatic heterocycles. The number of amides is 1. The Labute approximate surface area is 124 Å². The van der Waals surface area contributed by atoms with E-state index in [9.17, 15) is 9.18 Å². The highest BCUT2D eigenvalue weighted by atomic mass is 19.1. The summed E-state index contributed by atoms with van der Waals surface area (Å²) in [6, 6.07) is 12.0. The van der Waals surface area contributed by atoms with Crippen molar-refractivity contribution in [2.45, 2.75) is 20.3 Å². The van der Waals surface area contributed by atoms with Gasteiger partial charge in [0.2, 0.25) is 0 Å². The average Bonchev–Trinajstić information content (AvgIpc) is 2.49. The van der Waals surface area contributed by atoms with Gasteiger partial charge in [-0.15, -0.1) is 0 Å². The quantitative estimate of drug-likeness (QED) is 0.864. The van der Waals surface area contributed by atoms with Crippen LogP contribution in [0.25, 0.3) is 0 Å². The van der Waals surface area contributed by atoms with E-state index in [-0.39, 0.29) is 11.6 Å². The van der Waals surface area contributed by atoms with Gasteiger partial charge in [0, 0.05) is 12.2 Å². The molecule has 4 heteroatoms. The summed E-state index contributed by atoms with van der Waals surface area (Å²) in [5, 5.41) is 5.86. The molecule has 0 aromatic heterocycles. The third-order valence-electron chi connectivity index (χ3n) is 3.20. The van der Waals surface area contributed by atoms with Crippen LogP contribution in [0, 0.1) is 12.7 Å². The Morgan fingerprint density at radius 2 is 1.90 bits per heavy atom. The fourth-order valence-corrected chi connectivity index (χ4v) is 2.07. The highest BCUT2D eigenvalue weighted by Gasteiger charge is 2.14. The van der Waals surface area contributed by atoms with Gasteiger partial charge in [-0.2, -0.15) is 0 Å². The minimum absolute atomic E-state index is 0.229. The number of hydrogen-bond acceptors (Lipinski definition) is 2. The van der Waals surface area contributed by atoms with Crippen LogP contribution in [0.15, 0.2) is 42.5 Å². The summed E-state index contributed by atoms with van der Waals surface area (Å²) >= 11 is 0. The summed E-state index contributed by atoms with van der Waals surface area (Å²) in [5.74, 6) is -0.746. The number of para-hydroxylation sites is 2. The first kappa shape index (κ1) is 15.0. The number of halogens is 1. The van der Waals surface area contributed by atoms with Crippen molar-refractivity contribution in [3.8, 4) is 0 Å². The first-order valence-electron chi connectivity index (χ1n) is 7.03.